The molecule has 0 spiro atoms. The van der Waals surface area contributed by atoms with Crippen LogP contribution in [0.15, 0.2) is 48.5 Å². The minimum absolute atomic E-state index is 0.218. The second kappa shape index (κ2) is 4.66. The Morgan fingerprint density at radius 2 is 1.81 bits per heavy atom. The Kier molecular flexibility index (Phi) is 3.05. The number of hydrogen-bond acceptors (Lipinski definition) is 3. The summed E-state index contributed by atoms with van der Waals surface area (Å²) in [6, 6.07) is 16.0. The first-order valence-corrected chi connectivity index (χ1v) is 5.30. The van der Waals surface area contributed by atoms with Crippen LogP contribution in [0.3, 0.4) is 0 Å². The van der Waals surface area contributed by atoms with Crippen LogP contribution in [0.1, 0.15) is 18.5 Å². The number of nitrogens with zero attached hydrogens (tertiary/aromatic N) is 1. The van der Waals surface area contributed by atoms with Crippen LogP contribution in [0.4, 0.5) is 11.6 Å². The molecule has 0 amide bonds. The molecule has 3 heteroatoms. The summed E-state index contributed by atoms with van der Waals surface area (Å²) in [5.41, 5.74) is 6.85. The lowest BCUT2D eigenvalue weighted by molar-refractivity contribution is 0.875. The molecular weight excluding hydrogens is 198 g/mol. The van der Waals surface area contributed by atoms with Gasteiger partial charge in [-0.25, -0.2) is 4.98 Å². The SMILES string of the molecule is CC(Nc1cccc(N)n1)c1ccccc1. The first-order chi connectivity index (χ1) is 7.75. The number of aromatic nitrogens is 1. The molecule has 0 radical (unpaired) electrons. The van der Waals surface area contributed by atoms with Crippen molar-refractivity contribution in [2.75, 3.05) is 11.1 Å². The van der Waals surface area contributed by atoms with Crippen LogP contribution in [-0.4, -0.2) is 4.98 Å². The van der Waals surface area contributed by atoms with Gasteiger partial charge in [-0.2, -0.15) is 0 Å². The quantitative estimate of drug-likeness (QED) is 0.824. The molecule has 0 aliphatic rings. The van der Waals surface area contributed by atoms with Crippen LogP contribution >= 0.6 is 0 Å². The molecule has 0 saturated carbocycles. The zero-order valence-corrected chi connectivity index (χ0v) is 9.22. The van der Waals surface area contributed by atoms with Crippen LogP contribution in [0.25, 0.3) is 0 Å². The van der Waals surface area contributed by atoms with Crippen molar-refractivity contribution in [1.29, 1.82) is 0 Å². The summed E-state index contributed by atoms with van der Waals surface area (Å²) in [7, 11) is 0. The van der Waals surface area contributed by atoms with Crippen LogP contribution in [0.5, 0.6) is 0 Å². The Bertz CT molecular complexity index is 454. The molecule has 0 aliphatic carbocycles. The zero-order valence-electron chi connectivity index (χ0n) is 9.22. The van der Waals surface area contributed by atoms with E-state index in [0.717, 1.165) is 5.82 Å². The summed E-state index contributed by atoms with van der Waals surface area (Å²) >= 11 is 0. The first-order valence-electron chi connectivity index (χ1n) is 5.30. The Labute approximate surface area is 95.3 Å². The van der Waals surface area contributed by atoms with E-state index < -0.39 is 0 Å². The van der Waals surface area contributed by atoms with Crippen LogP contribution < -0.4 is 11.1 Å². The maximum absolute atomic E-state index is 5.62. The summed E-state index contributed by atoms with van der Waals surface area (Å²) in [5, 5.41) is 3.31. The van der Waals surface area contributed by atoms with Gasteiger partial charge in [0.2, 0.25) is 0 Å². The maximum atomic E-state index is 5.62. The van der Waals surface area contributed by atoms with Gasteiger partial charge in [-0.15, -0.1) is 0 Å². The van der Waals surface area contributed by atoms with E-state index >= 15 is 0 Å². The summed E-state index contributed by atoms with van der Waals surface area (Å²) in [4.78, 5) is 4.21. The van der Waals surface area contributed by atoms with Gasteiger partial charge in [0, 0.05) is 6.04 Å². The molecule has 3 N–H and O–H groups in total. The third-order valence-electron chi connectivity index (χ3n) is 2.43. The van der Waals surface area contributed by atoms with Crippen LogP contribution in [0.2, 0.25) is 0 Å². The Morgan fingerprint density at radius 1 is 1.06 bits per heavy atom. The van der Waals surface area contributed by atoms with Gasteiger partial charge in [0.1, 0.15) is 11.6 Å². The summed E-state index contributed by atoms with van der Waals surface area (Å²) in [6.45, 7) is 2.10. The Morgan fingerprint density at radius 3 is 2.50 bits per heavy atom. The van der Waals surface area contributed by atoms with Gasteiger partial charge in [0.15, 0.2) is 0 Å². The summed E-state index contributed by atoms with van der Waals surface area (Å²) < 4.78 is 0. The molecule has 1 aromatic carbocycles. The highest BCUT2D eigenvalue weighted by Crippen LogP contribution is 2.17. The molecule has 16 heavy (non-hydrogen) atoms. The summed E-state index contributed by atoms with van der Waals surface area (Å²) in [6.07, 6.45) is 0. The number of nitrogens with one attached hydrogen (secondary N) is 1. The van der Waals surface area contributed by atoms with Crippen molar-refractivity contribution in [1.82, 2.24) is 4.98 Å². The Hall–Kier alpha value is -2.03. The lowest BCUT2D eigenvalue weighted by Crippen LogP contribution is -2.08. The van der Waals surface area contributed by atoms with E-state index in [2.05, 4.69) is 29.4 Å². The van der Waals surface area contributed by atoms with E-state index in [0.29, 0.717) is 5.82 Å². The number of benzene rings is 1. The van der Waals surface area contributed by atoms with Crippen molar-refractivity contribution in [2.45, 2.75) is 13.0 Å². The van der Waals surface area contributed by atoms with E-state index in [9.17, 15) is 0 Å². The van der Waals surface area contributed by atoms with Crippen molar-refractivity contribution in [3.63, 3.8) is 0 Å². The first kappa shape index (κ1) is 10.5. The molecule has 1 atom stereocenters. The minimum atomic E-state index is 0.218. The van der Waals surface area contributed by atoms with E-state index in [-0.39, 0.29) is 6.04 Å². The highest BCUT2D eigenvalue weighted by Gasteiger charge is 2.04. The average molecular weight is 213 g/mol. The molecule has 0 saturated heterocycles. The molecule has 1 unspecified atom stereocenters. The van der Waals surface area contributed by atoms with E-state index in [1.165, 1.54) is 5.56 Å². The third-order valence-corrected chi connectivity index (χ3v) is 2.43. The molecular formula is C13H15N3. The fourth-order valence-electron chi connectivity index (χ4n) is 1.58. The molecule has 82 valence electrons. The standard InChI is InChI=1S/C13H15N3/c1-10(11-6-3-2-4-7-11)15-13-9-5-8-12(14)16-13/h2-10H,1H3,(H3,14,15,16). The fraction of sp³-hybridized carbons (Fsp3) is 0.154. The van der Waals surface area contributed by atoms with Gasteiger partial charge in [0.25, 0.3) is 0 Å². The monoisotopic (exact) mass is 213 g/mol. The highest BCUT2D eigenvalue weighted by atomic mass is 15.0. The second-order valence-corrected chi connectivity index (χ2v) is 3.72. The van der Waals surface area contributed by atoms with Gasteiger partial charge >= 0.3 is 0 Å². The van der Waals surface area contributed by atoms with E-state index in [1.54, 1.807) is 6.07 Å². The second-order valence-electron chi connectivity index (χ2n) is 3.72. The number of anilines is 2. The largest absolute Gasteiger partial charge is 0.384 e. The lowest BCUT2D eigenvalue weighted by atomic mass is 10.1. The van der Waals surface area contributed by atoms with Gasteiger partial charge in [-0.1, -0.05) is 36.4 Å². The number of hydrogen-bond donors (Lipinski definition) is 2. The highest BCUT2D eigenvalue weighted by molar-refractivity contribution is 5.44. The van der Waals surface area contributed by atoms with Gasteiger partial charge in [-0.05, 0) is 24.6 Å². The van der Waals surface area contributed by atoms with E-state index in [1.807, 2.05) is 30.3 Å². The molecule has 0 bridgehead atoms. The predicted octanol–water partition coefficient (Wildman–Crippen LogP) is 2.84. The number of nitrogens with two attached hydrogens (primary N) is 1. The third kappa shape index (κ3) is 2.51. The number of pyridine rings is 1. The molecule has 1 aromatic heterocycles. The molecule has 3 nitrogen and oxygen atoms in total. The van der Waals surface area contributed by atoms with Gasteiger partial charge in [-0.3, -0.25) is 0 Å². The number of rotatable bonds is 3. The van der Waals surface area contributed by atoms with Crippen LogP contribution in [-0.2, 0) is 0 Å². The fourth-order valence-corrected chi connectivity index (χ4v) is 1.58. The van der Waals surface area contributed by atoms with Crippen LogP contribution in [0, 0.1) is 0 Å². The smallest absolute Gasteiger partial charge is 0.128 e. The van der Waals surface area contributed by atoms with Crippen molar-refractivity contribution in [2.24, 2.45) is 0 Å². The molecule has 0 fully saturated rings. The lowest BCUT2D eigenvalue weighted by Gasteiger charge is -2.14. The van der Waals surface area contributed by atoms with E-state index in [4.69, 9.17) is 5.73 Å². The molecule has 1 heterocycles. The minimum Gasteiger partial charge on any atom is -0.384 e. The Balaban J connectivity index is 2.11. The molecule has 2 rings (SSSR count). The predicted molar refractivity (Wildman–Crippen MR) is 67.1 cm³/mol. The van der Waals surface area contributed by atoms with Crippen molar-refractivity contribution in [3.8, 4) is 0 Å². The normalized spacial score (nSPS) is 12.1. The topological polar surface area (TPSA) is 50.9 Å². The van der Waals surface area contributed by atoms with Crippen molar-refractivity contribution >= 4 is 11.6 Å². The molecule has 2 aromatic rings. The van der Waals surface area contributed by atoms with Gasteiger partial charge in [0.05, 0.1) is 0 Å². The average Bonchev–Trinajstić information content (AvgIpc) is 2.30. The summed E-state index contributed by atoms with van der Waals surface area (Å²) in [5.74, 6) is 1.33. The zero-order chi connectivity index (χ0) is 11.4. The van der Waals surface area contributed by atoms with Gasteiger partial charge < -0.3 is 11.1 Å². The number of nitrogen functional groups attached to an aromatic ring is 1. The van der Waals surface area contributed by atoms with Crippen molar-refractivity contribution < 1.29 is 0 Å². The van der Waals surface area contributed by atoms with Crippen molar-refractivity contribution in [3.05, 3.63) is 54.1 Å². The molecule has 0 aliphatic heterocycles. The maximum Gasteiger partial charge on any atom is 0.128 e.